The van der Waals surface area contributed by atoms with Crippen molar-refractivity contribution >= 4 is 17.4 Å². The summed E-state index contributed by atoms with van der Waals surface area (Å²) in [6, 6.07) is 18.8. The molecule has 1 aliphatic rings. The van der Waals surface area contributed by atoms with Crippen molar-refractivity contribution in [3.8, 4) is 5.75 Å². The van der Waals surface area contributed by atoms with E-state index < -0.39 is 17.7 Å². The van der Waals surface area contributed by atoms with E-state index in [1.807, 2.05) is 36.4 Å². The van der Waals surface area contributed by atoms with Crippen LogP contribution in [0.3, 0.4) is 0 Å². The Labute approximate surface area is 186 Å². The van der Waals surface area contributed by atoms with Gasteiger partial charge in [0, 0.05) is 24.5 Å². The summed E-state index contributed by atoms with van der Waals surface area (Å²) in [5, 5.41) is 11.1. The van der Waals surface area contributed by atoms with Gasteiger partial charge in [0.05, 0.1) is 11.6 Å². The second kappa shape index (κ2) is 9.31. The smallest absolute Gasteiger partial charge is 0.295 e. The lowest BCUT2D eigenvalue weighted by Crippen LogP contribution is -2.29. The fourth-order valence-electron chi connectivity index (χ4n) is 3.73. The van der Waals surface area contributed by atoms with Crippen LogP contribution in [0.2, 0.25) is 0 Å². The van der Waals surface area contributed by atoms with Crippen LogP contribution in [0.25, 0.3) is 5.76 Å². The Morgan fingerprint density at radius 1 is 1.06 bits per heavy atom. The first-order valence-electron chi connectivity index (χ1n) is 10.2. The molecule has 1 fully saturated rings. The molecule has 1 amide bonds. The SMILES string of the molecule is C=CCOc1ccc(/C(O)=C2\C(=O)C(=O)N(Cc3cccnc3)[C@@H]2c2ccccc2)cc1. The molecule has 1 saturated heterocycles. The predicted molar refractivity (Wildman–Crippen MR) is 121 cm³/mol. The van der Waals surface area contributed by atoms with Crippen molar-refractivity contribution in [2.75, 3.05) is 6.61 Å². The Morgan fingerprint density at radius 3 is 2.47 bits per heavy atom. The third-order valence-electron chi connectivity index (χ3n) is 5.23. The largest absolute Gasteiger partial charge is 0.507 e. The molecular formula is C26H22N2O4. The number of ketones is 1. The second-order valence-corrected chi connectivity index (χ2v) is 7.32. The van der Waals surface area contributed by atoms with Gasteiger partial charge in [0.25, 0.3) is 11.7 Å². The first-order valence-corrected chi connectivity index (χ1v) is 10.2. The lowest BCUT2D eigenvalue weighted by atomic mass is 9.95. The number of hydrogen-bond acceptors (Lipinski definition) is 5. The highest BCUT2D eigenvalue weighted by Gasteiger charge is 2.46. The van der Waals surface area contributed by atoms with Gasteiger partial charge in [-0.25, -0.2) is 0 Å². The maximum Gasteiger partial charge on any atom is 0.295 e. The van der Waals surface area contributed by atoms with Gasteiger partial charge < -0.3 is 14.7 Å². The summed E-state index contributed by atoms with van der Waals surface area (Å²) in [6.07, 6.45) is 4.94. The summed E-state index contributed by atoms with van der Waals surface area (Å²) in [5.74, 6) is -0.985. The van der Waals surface area contributed by atoms with Gasteiger partial charge in [-0.2, -0.15) is 0 Å². The maximum absolute atomic E-state index is 13.1. The van der Waals surface area contributed by atoms with Gasteiger partial charge in [-0.1, -0.05) is 49.1 Å². The summed E-state index contributed by atoms with van der Waals surface area (Å²) in [7, 11) is 0. The van der Waals surface area contributed by atoms with E-state index in [2.05, 4.69) is 11.6 Å². The molecule has 0 aliphatic carbocycles. The quantitative estimate of drug-likeness (QED) is 0.264. The Balaban J connectivity index is 1.77. The van der Waals surface area contributed by atoms with Crippen molar-refractivity contribution in [3.05, 3.63) is 114 Å². The van der Waals surface area contributed by atoms with Crippen molar-refractivity contribution < 1.29 is 19.4 Å². The number of benzene rings is 2. The monoisotopic (exact) mass is 426 g/mol. The molecule has 2 heterocycles. The standard InChI is InChI=1S/C26H22N2O4/c1-2-15-32-21-12-10-20(11-13-21)24(29)22-23(19-8-4-3-5-9-19)28(26(31)25(22)30)17-18-7-6-14-27-16-18/h2-14,16,23,29H,1,15,17H2/b24-22+/t23-/m1/s1. The fraction of sp³-hybridized carbons (Fsp3) is 0.115. The van der Waals surface area contributed by atoms with Crippen molar-refractivity contribution in [2.24, 2.45) is 0 Å². The number of aliphatic hydroxyl groups excluding tert-OH is 1. The van der Waals surface area contributed by atoms with Crippen LogP contribution in [0.15, 0.2) is 97.4 Å². The van der Waals surface area contributed by atoms with Gasteiger partial charge in [0.2, 0.25) is 0 Å². The minimum absolute atomic E-state index is 0.0600. The highest BCUT2D eigenvalue weighted by Crippen LogP contribution is 2.40. The lowest BCUT2D eigenvalue weighted by molar-refractivity contribution is -0.140. The molecule has 0 unspecified atom stereocenters. The second-order valence-electron chi connectivity index (χ2n) is 7.32. The summed E-state index contributed by atoms with van der Waals surface area (Å²) < 4.78 is 5.48. The normalized spacial score (nSPS) is 17.4. The number of Topliss-reactive ketones (excluding diaryl/α,β-unsaturated/α-hetero) is 1. The first kappa shape index (κ1) is 21.1. The molecule has 0 saturated carbocycles. The van der Waals surface area contributed by atoms with Crippen molar-refractivity contribution in [2.45, 2.75) is 12.6 Å². The molecule has 1 atom stereocenters. The van der Waals surface area contributed by atoms with E-state index in [1.165, 1.54) is 4.90 Å². The number of rotatable bonds is 7. The van der Waals surface area contributed by atoms with Gasteiger partial charge >= 0.3 is 0 Å². The summed E-state index contributed by atoms with van der Waals surface area (Å²) in [5.41, 5.74) is 2.02. The van der Waals surface area contributed by atoms with E-state index >= 15 is 0 Å². The Kier molecular flexibility index (Phi) is 6.12. The van der Waals surface area contributed by atoms with Crippen LogP contribution >= 0.6 is 0 Å². The van der Waals surface area contributed by atoms with Gasteiger partial charge in [-0.15, -0.1) is 0 Å². The number of nitrogens with zero attached hydrogens (tertiary/aromatic N) is 2. The average molecular weight is 426 g/mol. The van der Waals surface area contributed by atoms with Gasteiger partial charge in [0.15, 0.2) is 0 Å². The van der Waals surface area contributed by atoms with E-state index in [1.54, 1.807) is 48.8 Å². The van der Waals surface area contributed by atoms with Gasteiger partial charge in [0.1, 0.15) is 18.1 Å². The molecule has 1 aliphatic heterocycles. The van der Waals surface area contributed by atoms with Crippen molar-refractivity contribution in [1.29, 1.82) is 0 Å². The number of aliphatic hydroxyl groups is 1. The zero-order chi connectivity index (χ0) is 22.5. The average Bonchev–Trinajstić information content (AvgIpc) is 3.09. The summed E-state index contributed by atoms with van der Waals surface area (Å²) in [6.45, 7) is 4.17. The number of aromatic nitrogens is 1. The molecule has 0 spiro atoms. The van der Waals surface area contributed by atoms with Crippen LogP contribution < -0.4 is 4.74 Å². The minimum Gasteiger partial charge on any atom is -0.507 e. The highest BCUT2D eigenvalue weighted by atomic mass is 16.5. The third kappa shape index (κ3) is 4.16. The van der Waals surface area contributed by atoms with E-state index in [9.17, 15) is 14.7 Å². The molecule has 2 aromatic carbocycles. The van der Waals surface area contributed by atoms with Gasteiger partial charge in [-0.05, 0) is 41.5 Å². The first-order chi connectivity index (χ1) is 15.6. The number of ether oxygens (including phenoxy) is 1. The molecule has 6 nitrogen and oxygen atoms in total. The maximum atomic E-state index is 13.1. The van der Waals surface area contributed by atoms with Crippen molar-refractivity contribution in [1.82, 2.24) is 9.88 Å². The number of amides is 1. The van der Waals surface area contributed by atoms with Crippen LogP contribution in [0.5, 0.6) is 5.75 Å². The summed E-state index contributed by atoms with van der Waals surface area (Å²) >= 11 is 0. The van der Waals surface area contributed by atoms with E-state index in [4.69, 9.17) is 4.74 Å². The van der Waals surface area contributed by atoms with Crippen LogP contribution in [-0.4, -0.2) is 33.3 Å². The fourth-order valence-corrected chi connectivity index (χ4v) is 3.73. The van der Waals surface area contributed by atoms with Crippen LogP contribution in [0, 0.1) is 0 Å². The molecule has 0 bridgehead atoms. The van der Waals surface area contributed by atoms with Crippen molar-refractivity contribution in [3.63, 3.8) is 0 Å². The number of hydrogen-bond donors (Lipinski definition) is 1. The zero-order valence-electron chi connectivity index (χ0n) is 17.3. The number of pyridine rings is 1. The summed E-state index contributed by atoms with van der Waals surface area (Å²) in [4.78, 5) is 31.6. The predicted octanol–water partition coefficient (Wildman–Crippen LogP) is 4.27. The molecule has 0 radical (unpaired) electrons. The topological polar surface area (TPSA) is 79.7 Å². The molecule has 160 valence electrons. The molecular weight excluding hydrogens is 404 g/mol. The Bertz CT molecular complexity index is 1160. The number of carbonyl (C=O) groups is 2. The molecule has 4 rings (SSSR count). The molecule has 3 aromatic rings. The number of carbonyl (C=O) groups excluding carboxylic acids is 2. The molecule has 1 aromatic heterocycles. The highest BCUT2D eigenvalue weighted by molar-refractivity contribution is 6.46. The van der Waals surface area contributed by atoms with E-state index in [0.717, 1.165) is 11.1 Å². The molecule has 32 heavy (non-hydrogen) atoms. The van der Waals surface area contributed by atoms with Crippen LogP contribution in [0.4, 0.5) is 0 Å². The van der Waals surface area contributed by atoms with Crippen LogP contribution in [0.1, 0.15) is 22.7 Å². The lowest BCUT2D eigenvalue weighted by Gasteiger charge is -2.25. The van der Waals surface area contributed by atoms with Crippen LogP contribution in [-0.2, 0) is 16.1 Å². The number of likely N-dealkylation sites (tertiary alicyclic amines) is 1. The Hall–Kier alpha value is -4.19. The van der Waals surface area contributed by atoms with E-state index in [-0.39, 0.29) is 17.9 Å². The zero-order valence-corrected chi connectivity index (χ0v) is 17.3. The van der Waals surface area contributed by atoms with Gasteiger partial charge in [-0.3, -0.25) is 14.6 Å². The third-order valence-corrected chi connectivity index (χ3v) is 5.23. The Morgan fingerprint density at radius 2 is 1.81 bits per heavy atom. The molecule has 1 N–H and O–H groups in total. The molecule has 6 heteroatoms. The minimum atomic E-state index is -0.716. The van der Waals surface area contributed by atoms with E-state index in [0.29, 0.717) is 17.9 Å².